The Morgan fingerprint density at radius 1 is 1.67 bits per heavy atom. The van der Waals surface area contributed by atoms with Crippen LogP contribution in [0.15, 0.2) is 11.6 Å². The molecule has 0 aromatic rings. The van der Waals surface area contributed by atoms with Gasteiger partial charge in [0.15, 0.2) is 0 Å². The van der Waals surface area contributed by atoms with Crippen molar-refractivity contribution in [3.8, 4) is 0 Å². The summed E-state index contributed by atoms with van der Waals surface area (Å²) in [6.45, 7) is 4.20. The number of carboxylic acids is 1. The minimum absolute atomic E-state index is 0.0752. The molecular formula is C8H14ClNO2. The standard InChI is InChI=1S/C8H14ClNO2/c1-6(2)7(8(11)12)10-5-3-4-9/h3-4,6-7,10H,5H2,1-2H3,(H,11,12)/b4-3+. The first kappa shape index (κ1) is 11.5. The summed E-state index contributed by atoms with van der Waals surface area (Å²) in [5.74, 6) is -0.751. The van der Waals surface area contributed by atoms with E-state index in [1.807, 2.05) is 13.8 Å². The molecule has 0 rings (SSSR count). The number of rotatable bonds is 5. The molecular weight excluding hydrogens is 178 g/mol. The summed E-state index contributed by atoms with van der Waals surface area (Å²) in [7, 11) is 0. The first-order valence-corrected chi connectivity index (χ1v) is 4.24. The molecule has 2 N–H and O–H groups in total. The molecule has 4 heteroatoms. The lowest BCUT2D eigenvalue weighted by atomic mass is 10.1. The summed E-state index contributed by atoms with van der Waals surface area (Å²) in [5, 5.41) is 11.6. The van der Waals surface area contributed by atoms with Crippen LogP contribution in [0.25, 0.3) is 0 Å². The average molecular weight is 192 g/mol. The van der Waals surface area contributed by atoms with Crippen molar-refractivity contribution >= 4 is 17.6 Å². The number of hydrogen-bond acceptors (Lipinski definition) is 2. The van der Waals surface area contributed by atoms with Gasteiger partial charge in [-0.25, -0.2) is 0 Å². The fraction of sp³-hybridized carbons (Fsp3) is 0.625. The van der Waals surface area contributed by atoms with Crippen LogP contribution in [-0.2, 0) is 4.79 Å². The second-order valence-electron chi connectivity index (χ2n) is 2.83. The van der Waals surface area contributed by atoms with Crippen molar-refractivity contribution in [1.82, 2.24) is 5.32 Å². The largest absolute Gasteiger partial charge is 0.480 e. The number of hydrogen-bond donors (Lipinski definition) is 2. The molecule has 0 aliphatic rings. The summed E-state index contributed by atoms with van der Waals surface area (Å²) in [6, 6.07) is -0.502. The predicted octanol–water partition coefficient (Wildman–Crippen LogP) is 1.44. The van der Waals surface area contributed by atoms with Gasteiger partial charge in [0.05, 0.1) is 0 Å². The zero-order valence-corrected chi connectivity index (χ0v) is 8.01. The van der Waals surface area contributed by atoms with E-state index in [2.05, 4.69) is 5.32 Å². The van der Waals surface area contributed by atoms with Gasteiger partial charge in [-0.05, 0) is 5.92 Å². The molecule has 0 aliphatic carbocycles. The zero-order valence-electron chi connectivity index (χ0n) is 7.25. The summed E-state index contributed by atoms with van der Waals surface area (Å²) in [6.07, 6.45) is 1.67. The Labute approximate surface area is 77.4 Å². The lowest BCUT2D eigenvalue weighted by Crippen LogP contribution is -2.40. The maximum atomic E-state index is 10.6. The molecule has 0 bridgehead atoms. The van der Waals surface area contributed by atoms with Crippen LogP contribution in [0.5, 0.6) is 0 Å². The first-order chi connectivity index (χ1) is 5.59. The van der Waals surface area contributed by atoms with E-state index >= 15 is 0 Å². The minimum Gasteiger partial charge on any atom is -0.480 e. The van der Waals surface area contributed by atoms with Gasteiger partial charge in [0.2, 0.25) is 0 Å². The van der Waals surface area contributed by atoms with Crippen LogP contribution in [0.4, 0.5) is 0 Å². The van der Waals surface area contributed by atoms with Crippen molar-refractivity contribution in [2.75, 3.05) is 6.54 Å². The van der Waals surface area contributed by atoms with Gasteiger partial charge in [-0.1, -0.05) is 31.5 Å². The fourth-order valence-corrected chi connectivity index (χ4v) is 0.937. The zero-order chi connectivity index (χ0) is 9.56. The Kier molecular flexibility index (Phi) is 5.76. The van der Waals surface area contributed by atoms with E-state index in [1.165, 1.54) is 5.54 Å². The van der Waals surface area contributed by atoms with E-state index in [4.69, 9.17) is 16.7 Å². The van der Waals surface area contributed by atoms with E-state index in [0.29, 0.717) is 6.54 Å². The molecule has 0 aromatic heterocycles. The SMILES string of the molecule is CC(C)C(NC/C=C/Cl)C(=O)O. The van der Waals surface area contributed by atoms with Crippen molar-refractivity contribution in [2.45, 2.75) is 19.9 Å². The third-order valence-electron chi connectivity index (χ3n) is 1.48. The first-order valence-electron chi connectivity index (χ1n) is 3.81. The highest BCUT2D eigenvalue weighted by Crippen LogP contribution is 2.00. The quantitative estimate of drug-likeness (QED) is 0.692. The maximum Gasteiger partial charge on any atom is 0.320 e. The molecule has 0 heterocycles. The van der Waals surface area contributed by atoms with Crippen molar-refractivity contribution in [3.63, 3.8) is 0 Å². The molecule has 0 aliphatic heterocycles. The normalized spacial score (nSPS) is 14.0. The summed E-state index contributed by atoms with van der Waals surface area (Å²) >= 11 is 5.28. The van der Waals surface area contributed by atoms with E-state index in [1.54, 1.807) is 6.08 Å². The van der Waals surface area contributed by atoms with Gasteiger partial charge >= 0.3 is 5.97 Å². The Bertz CT molecular complexity index is 168. The van der Waals surface area contributed by atoms with Gasteiger partial charge < -0.3 is 10.4 Å². The number of halogens is 1. The molecule has 0 saturated carbocycles. The van der Waals surface area contributed by atoms with Gasteiger partial charge in [0.1, 0.15) is 6.04 Å². The monoisotopic (exact) mass is 191 g/mol. The number of carbonyl (C=O) groups is 1. The number of nitrogens with one attached hydrogen (secondary N) is 1. The Morgan fingerprint density at radius 3 is 2.58 bits per heavy atom. The Morgan fingerprint density at radius 2 is 2.25 bits per heavy atom. The Hall–Kier alpha value is -0.540. The fourth-order valence-electron chi connectivity index (χ4n) is 0.848. The highest BCUT2D eigenvalue weighted by atomic mass is 35.5. The Balaban J connectivity index is 3.88. The number of aliphatic carboxylic acids is 1. The van der Waals surface area contributed by atoms with Gasteiger partial charge in [-0.2, -0.15) is 0 Å². The predicted molar refractivity (Wildman–Crippen MR) is 49.3 cm³/mol. The van der Waals surface area contributed by atoms with Crippen LogP contribution in [0.2, 0.25) is 0 Å². The maximum absolute atomic E-state index is 10.6. The van der Waals surface area contributed by atoms with Crippen LogP contribution < -0.4 is 5.32 Å². The van der Waals surface area contributed by atoms with E-state index in [0.717, 1.165) is 0 Å². The van der Waals surface area contributed by atoms with Crippen molar-refractivity contribution < 1.29 is 9.90 Å². The molecule has 70 valence electrons. The minimum atomic E-state index is -0.826. The topological polar surface area (TPSA) is 49.3 Å². The van der Waals surface area contributed by atoms with E-state index in [9.17, 15) is 4.79 Å². The molecule has 0 fully saturated rings. The average Bonchev–Trinajstić information content (AvgIpc) is 1.96. The summed E-state index contributed by atoms with van der Waals surface area (Å²) in [5.41, 5.74) is 1.37. The molecule has 1 atom stereocenters. The second kappa shape index (κ2) is 6.03. The molecule has 12 heavy (non-hydrogen) atoms. The van der Waals surface area contributed by atoms with Crippen molar-refractivity contribution in [1.29, 1.82) is 0 Å². The lowest BCUT2D eigenvalue weighted by Gasteiger charge is -2.16. The van der Waals surface area contributed by atoms with Crippen LogP contribution in [-0.4, -0.2) is 23.7 Å². The molecule has 0 amide bonds. The number of carboxylic acid groups (broad SMARTS) is 1. The van der Waals surface area contributed by atoms with Crippen LogP contribution in [0.3, 0.4) is 0 Å². The van der Waals surface area contributed by atoms with Crippen LogP contribution in [0.1, 0.15) is 13.8 Å². The van der Waals surface area contributed by atoms with Gasteiger partial charge in [0.25, 0.3) is 0 Å². The molecule has 1 unspecified atom stereocenters. The van der Waals surface area contributed by atoms with Crippen LogP contribution in [0, 0.1) is 5.92 Å². The van der Waals surface area contributed by atoms with E-state index < -0.39 is 12.0 Å². The molecule has 0 saturated heterocycles. The van der Waals surface area contributed by atoms with Crippen molar-refractivity contribution in [2.24, 2.45) is 5.92 Å². The third-order valence-corrected chi connectivity index (χ3v) is 1.66. The second-order valence-corrected chi connectivity index (χ2v) is 3.08. The van der Waals surface area contributed by atoms with Crippen molar-refractivity contribution in [3.05, 3.63) is 11.6 Å². The molecule has 0 radical (unpaired) electrons. The van der Waals surface area contributed by atoms with Gasteiger partial charge in [0, 0.05) is 12.1 Å². The molecule has 3 nitrogen and oxygen atoms in total. The van der Waals surface area contributed by atoms with Gasteiger partial charge in [-0.3, -0.25) is 4.79 Å². The van der Waals surface area contributed by atoms with Gasteiger partial charge in [-0.15, -0.1) is 0 Å². The van der Waals surface area contributed by atoms with Crippen LogP contribution >= 0.6 is 11.6 Å². The molecule has 0 aromatic carbocycles. The van der Waals surface area contributed by atoms with E-state index in [-0.39, 0.29) is 5.92 Å². The summed E-state index contributed by atoms with van der Waals surface area (Å²) < 4.78 is 0. The highest BCUT2D eigenvalue weighted by Gasteiger charge is 2.19. The molecule has 0 spiro atoms. The lowest BCUT2D eigenvalue weighted by molar-refractivity contribution is -0.140. The third kappa shape index (κ3) is 4.36. The summed E-state index contributed by atoms with van der Waals surface area (Å²) in [4.78, 5) is 10.6. The smallest absolute Gasteiger partial charge is 0.320 e. The highest BCUT2D eigenvalue weighted by molar-refractivity contribution is 6.25.